The molecule has 0 spiro atoms. The van der Waals surface area contributed by atoms with Crippen LogP contribution in [-0.4, -0.2) is 25.4 Å². The molecule has 1 saturated carbocycles. The fraction of sp³-hybridized carbons (Fsp3) is 0.600. The summed E-state index contributed by atoms with van der Waals surface area (Å²) in [7, 11) is 3.41. The molecule has 3 heteroatoms. The third-order valence-electron chi connectivity index (χ3n) is 4.76. The fourth-order valence-electron chi connectivity index (χ4n) is 3.84. The van der Waals surface area contributed by atoms with Crippen LogP contribution >= 0.6 is 0 Å². The monoisotopic (exact) mass is 248 g/mol. The number of hydrogen-bond donors (Lipinski definition) is 1. The molecule has 0 aliphatic heterocycles. The van der Waals surface area contributed by atoms with Crippen LogP contribution in [0.4, 0.5) is 0 Å². The molecule has 0 amide bonds. The van der Waals surface area contributed by atoms with E-state index in [1.165, 1.54) is 11.1 Å². The Labute approximate surface area is 108 Å². The van der Waals surface area contributed by atoms with Crippen LogP contribution in [0.3, 0.4) is 0 Å². The third-order valence-corrected chi connectivity index (χ3v) is 4.76. The summed E-state index contributed by atoms with van der Waals surface area (Å²) < 4.78 is 11.0. The zero-order valence-corrected chi connectivity index (χ0v) is 11.1. The van der Waals surface area contributed by atoms with Crippen molar-refractivity contribution < 1.29 is 14.6 Å². The Bertz CT molecular complexity index is 426. The van der Waals surface area contributed by atoms with Crippen molar-refractivity contribution in [3.63, 3.8) is 0 Å². The molecule has 3 aliphatic carbocycles. The molecule has 4 atom stereocenters. The first-order valence-electron chi connectivity index (χ1n) is 6.61. The molecular weight excluding hydrogens is 228 g/mol. The minimum atomic E-state index is -0.253. The predicted molar refractivity (Wildman–Crippen MR) is 69.4 cm³/mol. The van der Waals surface area contributed by atoms with Crippen molar-refractivity contribution in [1.82, 2.24) is 0 Å². The number of hydrogen-bond acceptors (Lipinski definition) is 3. The van der Waals surface area contributed by atoms with Gasteiger partial charge in [-0.1, -0.05) is 6.92 Å². The van der Waals surface area contributed by atoms with Gasteiger partial charge in [0.2, 0.25) is 0 Å². The van der Waals surface area contributed by atoms with Crippen LogP contribution < -0.4 is 9.47 Å². The van der Waals surface area contributed by atoms with Crippen LogP contribution in [0.2, 0.25) is 0 Å². The van der Waals surface area contributed by atoms with E-state index in [9.17, 15) is 5.11 Å². The van der Waals surface area contributed by atoms with E-state index >= 15 is 0 Å². The van der Waals surface area contributed by atoms with Gasteiger partial charge >= 0.3 is 0 Å². The highest BCUT2D eigenvalue weighted by Gasteiger charge is 2.46. The number of ether oxygens (including phenoxy) is 2. The summed E-state index contributed by atoms with van der Waals surface area (Å²) in [6.07, 6.45) is 1.93. The number of benzene rings is 1. The van der Waals surface area contributed by atoms with E-state index in [-0.39, 0.29) is 12.0 Å². The summed E-state index contributed by atoms with van der Waals surface area (Å²) in [5, 5.41) is 10.4. The minimum absolute atomic E-state index is 0.199. The molecule has 1 aromatic carbocycles. The number of methoxy groups -OCH3 is 2. The molecule has 4 rings (SSSR count). The van der Waals surface area contributed by atoms with E-state index in [4.69, 9.17) is 9.47 Å². The largest absolute Gasteiger partial charge is 0.496 e. The van der Waals surface area contributed by atoms with Crippen LogP contribution in [0.25, 0.3) is 0 Å². The zero-order valence-electron chi connectivity index (χ0n) is 11.1. The Kier molecular flexibility index (Phi) is 2.74. The summed E-state index contributed by atoms with van der Waals surface area (Å²) in [5.74, 6) is 2.73. The molecule has 0 saturated heterocycles. The van der Waals surface area contributed by atoms with Crippen molar-refractivity contribution >= 4 is 0 Å². The van der Waals surface area contributed by atoms with Crippen LogP contribution in [0.1, 0.15) is 42.7 Å². The maximum atomic E-state index is 10.4. The fourth-order valence-corrected chi connectivity index (χ4v) is 3.84. The first-order chi connectivity index (χ1) is 8.69. The molecule has 1 fully saturated rings. The van der Waals surface area contributed by atoms with Crippen molar-refractivity contribution in [3.8, 4) is 11.5 Å². The van der Waals surface area contributed by atoms with Gasteiger partial charge in [0, 0.05) is 17.0 Å². The quantitative estimate of drug-likeness (QED) is 0.874. The lowest BCUT2D eigenvalue weighted by Gasteiger charge is -2.47. The molecule has 0 aromatic heterocycles. The Balaban J connectivity index is 2.24. The maximum absolute atomic E-state index is 10.4. The van der Waals surface area contributed by atoms with E-state index in [0.717, 1.165) is 24.3 Å². The number of rotatable bonds is 2. The van der Waals surface area contributed by atoms with Crippen molar-refractivity contribution in [1.29, 1.82) is 0 Å². The molecular formula is C15H20O3. The smallest absolute Gasteiger partial charge is 0.122 e. The van der Waals surface area contributed by atoms with Gasteiger partial charge in [-0.05, 0) is 36.8 Å². The van der Waals surface area contributed by atoms with E-state index in [1.807, 2.05) is 12.1 Å². The molecule has 0 radical (unpaired) electrons. The topological polar surface area (TPSA) is 38.7 Å². The molecule has 2 bridgehead atoms. The maximum Gasteiger partial charge on any atom is 0.122 e. The lowest BCUT2D eigenvalue weighted by Crippen LogP contribution is -2.41. The van der Waals surface area contributed by atoms with Gasteiger partial charge in [0.15, 0.2) is 0 Å². The van der Waals surface area contributed by atoms with Crippen LogP contribution in [0.15, 0.2) is 12.1 Å². The van der Waals surface area contributed by atoms with E-state index < -0.39 is 0 Å². The van der Waals surface area contributed by atoms with Crippen molar-refractivity contribution in [3.05, 3.63) is 23.3 Å². The lowest BCUT2D eigenvalue weighted by molar-refractivity contribution is 0.0297. The Morgan fingerprint density at radius 2 is 1.50 bits per heavy atom. The van der Waals surface area contributed by atoms with Gasteiger partial charge in [-0.15, -0.1) is 0 Å². The molecule has 1 aromatic rings. The highest BCUT2D eigenvalue weighted by Crippen LogP contribution is 2.57. The van der Waals surface area contributed by atoms with Gasteiger partial charge < -0.3 is 14.6 Å². The Morgan fingerprint density at radius 1 is 1.00 bits per heavy atom. The highest BCUT2D eigenvalue weighted by atomic mass is 16.5. The Morgan fingerprint density at radius 3 is 2.06 bits per heavy atom. The number of aliphatic hydroxyl groups is 1. The predicted octanol–water partition coefficient (Wildman–Crippen LogP) is 2.68. The summed E-state index contributed by atoms with van der Waals surface area (Å²) in [5.41, 5.74) is 2.45. The zero-order chi connectivity index (χ0) is 12.9. The molecule has 1 N–H and O–H groups in total. The summed E-state index contributed by atoms with van der Waals surface area (Å²) >= 11 is 0. The molecule has 3 aliphatic rings. The summed E-state index contributed by atoms with van der Waals surface area (Å²) in [6, 6.07) is 3.94. The summed E-state index contributed by atoms with van der Waals surface area (Å²) in [6.45, 7) is 2.14. The van der Waals surface area contributed by atoms with Gasteiger partial charge in [0.05, 0.1) is 20.3 Å². The first-order valence-corrected chi connectivity index (χ1v) is 6.61. The number of aliphatic hydroxyl groups excluding tert-OH is 1. The Hall–Kier alpha value is -1.22. The second-order valence-electron chi connectivity index (χ2n) is 5.44. The van der Waals surface area contributed by atoms with Gasteiger partial charge in [0.25, 0.3) is 0 Å². The van der Waals surface area contributed by atoms with Gasteiger partial charge in [0.1, 0.15) is 11.5 Å². The van der Waals surface area contributed by atoms with Gasteiger partial charge in [-0.25, -0.2) is 0 Å². The SMILES string of the molecule is COc1ccc(OC)c2c1[C@H]1CC[C@@H]2[C@@H](O)[C@H]1C. The van der Waals surface area contributed by atoms with E-state index in [0.29, 0.717) is 11.8 Å². The second-order valence-corrected chi connectivity index (χ2v) is 5.44. The average molecular weight is 248 g/mol. The first kappa shape index (κ1) is 11.8. The molecule has 0 heterocycles. The van der Waals surface area contributed by atoms with Crippen LogP contribution in [0.5, 0.6) is 11.5 Å². The molecule has 0 unspecified atom stereocenters. The standard InChI is InChI=1S/C15H20O3/c1-8-9-4-5-10(15(8)16)14-12(18-3)7-6-11(17-2)13(9)14/h6-10,15-16H,4-5H2,1-3H3/t8-,9-,10-,15-/m0/s1. The van der Waals surface area contributed by atoms with Crippen molar-refractivity contribution in [2.45, 2.75) is 37.7 Å². The van der Waals surface area contributed by atoms with Crippen molar-refractivity contribution in [2.24, 2.45) is 5.92 Å². The van der Waals surface area contributed by atoms with E-state index in [2.05, 4.69) is 6.92 Å². The van der Waals surface area contributed by atoms with Crippen LogP contribution in [-0.2, 0) is 0 Å². The molecule has 18 heavy (non-hydrogen) atoms. The summed E-state index contributed by atoms with van der Waals surface area (Å²) in [4.78, 5) is 0. The molecule has 3 nitrogen and oxygen atoms in total. The normalized spacial score (nSPS) is 33.1. The number of fused-ring (bicyclic) bond motifs is 2. The molecule has 98 valence electrons. The van der Waals surface area contributed by atoms with Crippen LogP contribution in [0, 0.1) is 5.92 Å². The van der Waals surface area contributed by atoms with Gasteiger partial charge in [-0.2, -0.15) is 0 Å². The van der Waals surface area contributed by atoms with E-state index in [1.54, 1.807) is 14.2 Å². The third kappa shape index (κ3) is 1.40. The second kappa shape index (κ2) is 4.16. The van der Waals surface area contributed by atoms with Gasteiger partial charge in [-0.3, -0.25) is 0 Å². The average Bonchev–Trinajstić information content (AvgIpc) is 2.42. The lowest BCUT2D eigenvalue weighted by atomic mass is 9.60. The minimum Gasteiger partial charge on any atom is -0.496 e. The highest BCUT2D eigenvalue weighted by molar-refractivity contribution is 5.56. The van der Waals surface area contributed by atoms with Crippen molar-refractivity contribution in [2.75, 3.05) is 14.2 Å².